The van der Waals surface area contributed by atoms with Crippen LogP contribution >= 0.6 is 0 Å². The Bertz CT molecular complexity index is 1510. The van der Waals surface area contributed by atoms with Crippen molar-refractivity contribution < 1.29 is 21.8 Å². The largest absolute Gasteiger partial charge is 0.284 e. The molecule has 35 heavy (non-hydrogen) atoms. The van der Waals surface area contributed by atoms with Crippen LogP contribution in [0.1, 0.15) is 30.5 Å². The first kappa shape index (κ1) is 24.4. The predicted molar refractivity (Wildman–Crippen MR) is 132 cm³/mol. The van der Waals surface area contributed by atoms with Crippen molar-refractivity contribution in [3.63, 3.8) is 0 Å². The SMILES string of the molecule is CCS(=O)(=O)Nc1cccc(C2=NN(S(=O)(=O)c3ccccc3)[C@@H](c3cccc([N+](=O)[O-])c3)C2)c1. The molecule has 0 bridgehead atoms. The molecule has 3 aromatic carbocycles. The summed E-state index contributed by atoms with van der Waals surface area (Å²) in [5, 5.41) is 15.7. The molecule has 0 aromatic heterocycles. The van der Waals surface area contributed by atoms with Crippen LogP contribution in [-0.4, -0.2) is 37.6 Å². The van der Waals surface area contributed by atoms with E-state index < -0.39 is 31.0 Å². The smallest absolute Gasteiger partial charge is 0.279 e. The number of nitrogens with zero attached hydrogens (tertiary/aromatic N) is 3. The molecule has 0 saturated carbocycles. The summed E-state index contributed by atoms with van der Waals surface area (Å²) in [6.45, 7) is 1.52. The van der Waals surface area contributed by atoms with Gasteiger partial charge in [-0.25, -0.2) is 8.42 Å². The van der Waals surface area contributed by atoms with Gasteiger partial charge in [-0.3, -0.25) is 14.8 Å². The van der Waals surface area contributed by atoms with Gasteiger partial charge in [0, 0.05) is 24.2 Å². The van der Waals surface area contributed by atoms with Gasteiger partial charge in [0.25, 0.3) is 15.7 Å². The number of non-ortho nitro benzene ring substituents is 1. The molecule has 182 valence electrons. The van der Waals surface area contributed by atoms with Crippen molar-refractivity contribution in [3.05, 3.63) is 100 Å². The summed E-state index contributed by atoms with van der Waals surface area (Å²) in [7, 11) is -7.60. The minimum absolute atomic E-state index is 0.0323. The van der Waals surface area contributed by atoms with Gasteiger partial charge in [-0.05, 0) is 42.3 Å². The van der Waals surface area contributed by atoms with Crippen LogP contribution in [-0.2, 0) is 20.0 Å². The molecule has 1 atom stereocenters. The van der Waals surface area contributed by atoms with E-state index in [4.69, 9.17) is 0 Å². The molecule has 10 nitrogen and oxygen atoms in total. The summed E-state index contributed by atoms with van der Waals surface area (Å²) >= 11 is 0. The molecule has 0 fully saturated rings. The highest BCUT2D eigenvalue weighted by Crippen LogP contribution is 2.38. The second kappa shape index (κ2) is 9.47. The molecule has 0 aliphatic carbocycles. The topological polar surface area (TPSA) is 139 Å². The number of anilines is 1. The van der Waals surface area contributed by atoms with Crippen LogP contribution in [0.4, 0.5) is 11.4 Å². The van der Waals surface area contributed by atoms with Crippen molar-refractivity contribution in [1.29, 1.82) is 0 Å². The van der Waals surface area contributed by atoms with Crippen LogP contribution in [0.15, 0.2) is 88.9 Å². The van der Waals surface area contributed by atoms with Crippen LogP contribution < -0.4 is 4.72 Å². The van der Waals surface area contributed by atoms with Crippen LogP contribution in [0.3, 0.4) is 0 Å². The monoisotopic (exact) mass is 514 g/mol. The molecule has 1 aliphatic heterocycles. The van der Waals surface area contributed by atoms with E-state index in [9.17, 15) is 26.9 Å². The van der Waals surface area contributed by atoms with Crippen molar-refractivity contribution >= 4 is 37.1 Å². The third-order valence-electron chi connectivity index (χ3n) is 5.47. The third-order valence-corrected chi connectivity index (χ3v) is 8.48. The number of hydrazone groups is 1. The summed E-state index contributed by atoms with van der Waals surface area (Å²) in [5.41, 5.74) is 1.51. The zero-order chi connectivity index (χ0) is 25.2. The maximum atomic E-state index is 13.5. The Morgan fingerprint density at radius 2 is 1.71 bits per heavy atom. The first-order valence-corrected chi connectivity index (χ1v) is 13.7. The molecule has 1 heterocycles. The predicted octanol–water partition coefficient (Wildman–Crippen LogP) is 3.90. The van der Waals surface area contributed by atoms with Gasteiger partial charge in [0.1, 0.15) is 0 Å². The highest BCUT2D eigenvalue weighted by Gasteiger charge is 2.38. The van der Waals surface area contributed by atoms with Gasteiger partial charge in [0.15, 0.2) is 0 Å². The zero-order valence-electron chi connectivity index (χ0n) is 18.6. The summed E-state index contributed by atoms with van der Waals surface area (Å²) in [6.07, 6.45) is 0.136. The van der Waals surface area contributed by atoms with E-state index in [1.165, 1.54) is 37.3 Å². The fourth-order valence-corrected chi connectivity index (χ4v) is 5.78. The number of sulfonamides is 2. The van der Waals surface area contributed by atoms with Crippen LogP contribution in [0.5, 0.6) is 0 Å². The molecule has 0 unspecified atom stereocenters. The molecule has 1 aliphatic rings. The van der Waals surface area contributed by atoms with Crippen LogP contribution in [0.25, 0.3) is 0 Å². The lowest BCUT2D eigenvalue weighted by Gasteiger charge is -2.23. The quantitative estimate of drug-likeness (QED) is 0.357. The van der Waals surface area contributed by atoms with Crippen molar-refractivity contribution in [2.45, 2.75) is 24.3 Å². The van der Waals surface area contributed by atoms with Crippen LogP contribution in [0.2, 0.25) is 0 Å². The molecular formula is C23H22N4O6S2. The zero-order valence-corrected chi connectivity index (χ0v) is 20.2. The normalized spacial score (nSPS) is 16.1. The highest BCUT2D eigenvalue weighted by molar-refractivity contribution is 7.92. The average Bonchev–Trinajstić information content (AvgIpc) is 3.31. The maximum Gasteiger partial charge on any atom is 0.279 e. The first-order valence-electron chi connectivity index (χ1n) is 10.6. The van der Waals surface area contributed by atoms with Gasteiger partial charge in [-0.15, -0.1) is 0 Å². The Morgan fingerprint density at radius 1 is 1.00 bits per heavy atom. The molecule has 0 spiro atoms. The maximum absolute atomic E-state index is 13.5. The van der Waals surface area contributed by atoms with E-state index in [0.29, 0.717) is 22.5 Å². The molecule has 0 amide bonds. The van der Waals surface area contributed by atoms with E-state index in [2.05, 4.69) is 9.82 Å². The molecule has 3 aromatic rings. The number of hydrogen-bond donors (Lipinski definition) is 1. The fraction of sp³-hybridized carbons (Fsp3) is 0.174. The molecular weight excluding hydrogens is 492 g/mol. The summed E-state index contributed by atoms with van der Waals surface area (Å²) in [6, 6.07) is 19.3. The van der Waals surface area contributed by atoms with Crippen molar-refractivity contribution in [3.8, 4) is 0 Å². The number of benzene rings is 3. The average molecular weight is 515 g/mol. The second-order valence-corrected chi connectivity index (χ2v) is 11.6. The Kier molecular flexibility index (Phi) is 6.59. The van der Waals surface area contributed by atoms with Crippen molar-refractivity contribution in [2.24, 2.45) is 5.10 Å². The van der Waals surface area contributed by atoms with Gasteiger partial charge < -0.3 is 0 Å². The van der Waals surface area contributed by atoms with Gasteiger partial charge >= 0.3 is 0 Å². The molecule has 1 N–H and O–H groups in total. The molecule has 4 rings (SSSR count). The summed E-state index contributed by atoms with van der Waals surface area (Å²) in [4.78, 5) is 10.8. The summed E-state index contributed by atoms with van der Waals surface area (Å²) in [5.74, 6) is -0.101. The third kappa shape index (κ3) is 5.17. The minimum atomic E-state index is -4.09. The fourth-order valence-electron chi connectivity index (χ4n) is 3.69. The van der Waals surface area contributed by atoms with E-state index >= 15 is 0 Å². The van der Waals surface area contributed by atoms with E-state index in [-0.39, 0.29) is 22.8 Å². The first-order chi connectivity index (χ1) is 16.6. The second-order valence-electron chi connectivity index (χ2n) is 7.80. The lowest BCUT2D eigenvalue weighted by Crippen LogP contribution is -2.27. The standard InChI is InChI=1S/C23H22N4O6S2/c1-2-34(30,31)25-19-10-6-8-17(14-19)22-16-23(18-9-7-11-20(15-18)27(28)29)26(24-22)35(32,33)21-12-4-3-5-13-21/h3-15,23,25H,2,16H2,1H3/t23-/m1/s1. The molecule has 0 saturated heterocycles. The van der Waals surface area contributed by atoms with Crippen molar-refractivity contribution in [2.75, 3.05) is 10.5 Å². The number of nitro groups is 1. The lowest BCUT2D eigenvalue weighted by molar-refractivity contribution is -0.384. The minimum Gasteiger partial charge on any atom is -0.284 e. The van der Waals surface area contributed by atoms with Gasteiger partial charge in [0.2, 0.25) is 10.0 Å². The van der Waals surface area contributed by atoms with Crippen molar-refractivity contribution in [1.82, 2.24) is 4.41 Å². The Balaban J connectivity index is 1.79. The summed E-state index contributed by atoms with van der Waals surface area (Å²) < 4.78 is 54.4. The lowest BCUT2D eigenvalue weighted by atomic mass is 9.98. The molecule has 12 heteroatoms. The Labute approximate surface area is 203 Å². The van der Waals surface area contributed by atoms with E-state index in [1.54, 1.807) is 48.5 Å². The van der Waals surface area contributed by atoms with E-state index in [0.717, 1.165) is 4.41 Å². The Morgan fingerprint density at radius 3 is 2.40 bits per heavy atom. The number of nitrogens with one attached hydrogen (secondary N) is 1. The van der Waals surface area contributed by atoms with E-state index in [1.807, 2.05) is 0 Å². The van der Waals surface area contributed by atoms with Crippen LogP contribution in [0, 0.1) is 10.1 Å². The number of nitro benzene ring substituents is 1. The van der Waals surface area contributed by atoms with Gasteiger partial charge in [-0.2, -0.15) is 17.9 Å². The van der Waals surface area contributed by atoms with Gasteiger partial charge in [0.05, 0.1) is 27.3 Å². The number of rotatable bonds is 8. The van der Waals surface area contributed by atoms with Gasteiger partial charge in [-0.1, -0.05) is 42.5 Å². The Hall–Kier alpha value is -3.77. The molecule has 0 radical (unpaired) electrons. The number of hydrogen-bond acceptors (Lipinski definition) is 7. The highest BCUT2D eigenvalue weighted by atomic mass is 32.2.